The maximum absolute atomic E-state index is 5.39. The monoisotopic (exact) mass is 264 g/mol. The minimum absolute atomic E-state index is 0.0405. The predicted octanol–water partition coefficient (Wildman–Crippen LogP) is 1.69. The molecule has 1 N–H and O–H groups in total. The van der Waals surface area contributed by atoms with Gasteiger partial charge >= 0.3 is 0 Å². The van der Waals surface area contributed by atoms with Crippen molar-refractivity contribution in [2.45, 2.75) is 64.1 Å². The summed E-state index contributed by atoms with van der Waals surface area (Å²) in [5.74, 6) is 1.56. The van der Waals surface area contributed by atoms with Gasteiger partial charge < -0.3 is 9.84 Å². The maximum atomic E-state index is 5.39. The van der Waals surface area contributed by atoms with E-state index in [0.29, 0.717) is 6.04 Å². The van der Waals surface area contributed by atoms with E-state index in [1.165, 1.54) is 19.3 Å². The molecule has 0 amide bonds. The van der Waals surface area contributed by atoms with Gasteiger partial charge in [-0.15, -0.1) is 0 Å². The van der Waals surface area contributed by atoms with Crippen molar-refractivity contribution in [2.75, 3.05) is 13.1 Å². The molecule has 0 saturated carbocycles. The van der Waals surface area contributed by atoms with Gasteiger partial charge in [0.25, 0.3) is 0 Å². The van der Waals surface area contributed by atoms with Gasteiger partial charge in [-0.1, -0.05) is 25.9 Å². The predicted molar refractivity (Wildman–Crippen MR) is 72.8 cm³/mol. The van der Waals surface area contributed by atoms with Gasteiger partial charge in [0.15, 0.2) is 5.82 Å². The van der Waals surface area contributed by atoms with Crippen LogP contribution in [0.5, 0.6) is 0 Å². The lowest BCUT2D eigenvalue weighted by molar-refractivity contribution is 0.216. The second-order valence-corrected chi connectivity index (χ2v) is 6.92. The number of nitrogens with one attached hydrogen (secondary N) is 1. The van der Waals surface area contributed by atoms with E-state index in [9.17, 15) is 0 Å². The number of likely N-dealkylation sites (tertiary alicyclic amines) is 1. The average Bonchev–Trinajstić information content (AvgIpc) is 2.88. The largest absolute Gasteiger partial charge is 0.338 e. The molecule has 0 spiro atoms. The van der Waals surface area contributed by atoms with Crippen LogP contribution in [0.15, 0.2) is 4.52 Å². The van der Waals surface area contributed by atoms with Gasteiger partial charge in [-0.05, 0) is 19.3 Å². The molecule has 1 aromatic rings. The molecule has 2 bridgehead atoms. The van der Waals surface area contributed by atoms with Crippen molar-refractivity contribution in [3.05, 3.63) is 11.7 Å². The van der Waals surface area contributed by atoms with Crippen LogP contribution in [0.1, 0.15) is 51.7 Å². The zero-order chi connectivity index (χ0) is 13.5. The molecule has 2 fully saturated rings. The van der Waals surface area contributed by atoms with Crippen molar-refractivity contribution in [1.82, 2.24) is 20.4 Å². The summed E-state index contributed by atoms with van der Waals surface area (Å²) in [5, 5.41) is 7.79. The molecule has 2 saturated heterocycles. The molecule has 1 aromatic heterocycles. The SMILES string of the molecule is CC(C)(C)c1noc(CN2CCC3CCC(C2)N3)n1. The number of aromatic nitrogens is 2. The standard InChI is InChI=1S/C14H24N4O/c1-14(2,3)13-16-12(19-17-13)9-18-7-6-10-4-5-11(8-18)15-10/h10-11,15H,4-9H2,1-3H3. The Balaban J connectivity index is 1.63. The number of hydrogen-bond acceptors (Lipinski definition) is 5. The Labute approximate surface area is 114 Å². The number of hydrogen-bond donors (Lipinski definition) is 1. The Morgan fingerprint density at radius 3 is 2.79 bits per heavy atom. The van der Waals surface area contributed by atoms with E-state index in [4.69, 9.17) is 4.52 Å². The van der Waals surface area contributed by atoms with Crippen molar-refractivity contribution < 1.29 is 4.52 Å². The molecule has 2 atom stereocenters. The Morgan fingerprint density at radius 1 is 1.26 bits per heavy atom. The topological polar surface area (TPSA) is 54.2 Å². The van der Waals surface area contributed by atoms with Crippen molar-refractivity contribution in [3.8, 4) is 0 Å². The minimum Gasteiger partial charge on any atom is -0.338 e. The molecule has 5 heteroatoms. The van der Waals surface area contributed by atoms with Crippen molar-refractivity contribution >= 4 is 0 Å². The first-order valence-corrected chi connectivity index (χ1v) is 7.32. The molecule has 106 valence electrons. The Bertz CT molecular complexity index is 437. The minimum atomic E-state index is -0.0405. The van der Waals surface area contributed by atoms with Crippen LogP contribution in [0.4, 0.5) is 0 Å². The maximum Gasteiger partial charge on any atom is 0.240 e. The molecule has 0 radical (unpaired) electrons. The fourth-order valence-corrected chi connectivity index (χ4v) is 2.97. The van der Waals surface area contributed by atoms with Gasteiger partial charge in [0.1, 0.15) is 0 Å². The molecule has 2 unspecified atom stereocenters. The van der Waals surface area contributed by atoms with Crippen LogP contribution in [0.3, 0.4) is 0 Å². The fourth-order valence-electron chi connectivity index (χ4n) is 2.97. The van der Waals surface area contributed by atoms with Crippen LogP contribution < -0.4 is 5.32 Å². The van der Waals surface area contributed by atoms with Gasteiger partial charge in [-0.25, -0.2) is 0 Å². The molecule has 2 aliphatic heterocycles. The van der Waals surface area contributed by atoms with Gasteiger partial charge in [-0.2, -0.15) is 4.98 Å². The van der Waals surface area contributed by atoms with E-state index in [0.717, 1.165) is 37.4 Å². The van der Waals surface area contributed by atoms with E-state index in [1.807, 2.05) is 0 Å². The van der Waals surface area contributed by atoms with E-state index in [1.54, 1.807) is 0 Å². The molecule has 3 heterocycles. The number of fused-ring (bicyclic) bond motifs is 2. The molecule has 19 heavy (non-hydrogen) atoms. The fraction of sp³-hybridized carbons (Fsp3) is 0.857. The highest BCUT2D eigenvalue weighted by Crippen LogP contribution is 2.22. The number of nitrogens with zero attached hydrogens (tertiary/aromatic N) is 3. The summed E-state index contributed by atoms with van der Waals surface area (Å²) in [4.78, 5) is 6.97. The molecular weight excluding hydrogens is 240 g/mol. The Morgan fingerprint density at radius 2 is 2.05 bits per heavy atom. The molecular formula is C14H24N4O. The average molecular weight is 264 g/mol. The summed E-state index contributed by atoms with van der Waals surface area (Å²) in [5.41, 5.74) is -0.0405. The van der Waals surface area contributed by atoms with E-state index in [-0.39, 0.29) is 5.41 Å². The summed E-state index contributed by atoms with van der Waals surface area (Å²) in [6.07, 6.45) is 3.88. The molecule has 2 aliphatic rings. The first-order valence-electron chi connectivity index (χ1n) is 7.32. The summed E-state index contributed by atoms with van der Waals surface area (Å²) >= 11 is 0. The summed E-state index contributed by atoms with van der Waals surface area (Å²) in [6.45, 7) is 9.34. The lowest BCUT2D eigenvalue weighted by Crippen LogP contribution is -2.35. The Kier molecular flexibility index (Phi) is 3.35. The highest BCUT2D eigenvalue weighted by molar-refractivity contribution is 5.00. The lowest BCUT2D eigenvalue weighted by atomic mass is 9.96. The Hall–Kier alpha value is -0.940. The zero-order valence-electron chi connectivity index (χ0n) is 12.1. The van der Waals surface area contributed by atoms with Gasteiger partial charge in [-0.3, -0.25) is 4.90 Å². The van der Waals surface area contributed by atoms with Crippen LogP contribution >= 0.6 is 0 Å². The van der Waals surface area contributed by atoms with Crippen LogP contribution in [0, 0.1) is 0 Å². The summed E-state index contributed by atoms with van der Waals surface area (Å²) in [6, 6.07) is 1.38. The second-order valence-electron chi connectivity index (χ2n) is 6.92. The second kappa shape index (κ2) is 4.87. The van der Waals surface area contributed by atoms with Gasteiger partial charge in [0.05, 0.1) is 6.54 Å². The van der Waals surface area contributed by atoms with E-state index < -0.39 is 0 Å². The van der Waals surface area contributed by atoms with Gasteiger partial charge in [0.2, 0.25) is 5.89 Å². The summed E-state index contributed by atoms with van der Waals surface area (Å²) < 4.78 is 5.39. The smallest absolute Gasteiger partial charge is 0.240 e. The first kappa shape index (κ1) is 13.1. The first-order chi connectivity index (χ1) is 9.00. The highest BCUT2D eigenvalue weighted by atomic mass is 16.5. The third-order valence-electron chi connectivity index (χ3n) is 4.11. The van der Waals surface area contributed by atoms with Crippen LogP contribution in [0.25, 0.3) is 0 Å². The normalized spacial score (nSPS) is 28.6. The molecule has 0 aromatic carbocycles. The summed E-state index contributed by atoms with van der Waals surface area (Å²) in [7, 11) is 0. The van der Waals surface area contributed by atoms with Crippen LogP contribution in [-0.2, 0) is 12.0 Å². The van der Waals surface area contributed by atoms with Crippen molar-refractivity contribution in [1.29, 1.82) is 0 Å². The van der Waals surface area contributed by atoms with Crippen molar-refractivity contribution in [2.24, 2.45) is 0 Å². The quantitative estimate of drug-likeness (QED) is 0.881. The molecule has 5 nitrogen and oxygen atoms in total. The highest BCUT2D eigenvalue weighted by Gasteiger charge is 2.30. The molecule has 3 rings (SSSR count). The van der Waals surface area contributed by atoms with Crippen molar-refractivity contribution in [3.63, 3.8) is 0 Å². The van der Waals surface area contributed by atoms with Crippen LogP contribution in [0.2, 0.25) is 0 Å². The van der Waals surface area contributed by atoms with E-state index >= 15 is 0 Å². The third-order valence-corrected chi connectivity index (χ3v) is 4.11. The van der Waals surface area contributed by atoms with Crippen LogP contribution in [-0.4, -0.2) is 40.2 Å². The third kappa shape index (κ3) is 2.98. The zero-order valence-corrected chi connectivity index (χ0v) is 12.1. The lowest BCUT2D eigenvalue weighted by Gasteiger charge is -2.21. The van der Waals surface area contributed by atoms with Gasteiger partial charge in [0, 0.05) is 30.6 Å². The molecule has 0 aliphatic carbocycles. The van der Waals surface area contributed by atoms with E-state index in [2.05, 4.69) is 41.1 Å². The number of rotatable bonds is 2.